The van der Waals surface area contributed by atoms with Crippen molar-refractivity contribution in [2.24, 2.45) is 0 Å². The molecule has 2 aromatic carbocycles. The van der Waals surface area contributed by atoms with Crippen LogP contribution in [0.5, 0.6) is 0 Å². The first-order valence-corrected chi connectivity index (χ1v) is 7.31. The molecule has 96 valence electrons. The monoisotopic (exact) mass is 334 g/mol. The van der Waals surface area contributed by atoms with E-state index in [2.05, 4.69) is 28.1 Å². The zero-order chi connectivity index (χ0) is 13.2. The minimum atomic E-state index is -0.0852. The van der Waals surface area contributed by atoms with Crippen molar-refractivity contribution in [1.82, 2.24) is 0 Å². The highest BCUT2D eigenvalue weighted by molar-refractivity contribution is 9.10. The second-order valence-corrected chi connectivity index (χ2v) is 5.93. The Morgan fingerprint density at radius 1 is 1.11 bits per heavy atom. The fraction of sp³-hybridized carbons (Fsp3) is 0.125. The van der Waals surface area contributed by atoms with Gasteiger partial charge in [-0.3, -0.25) is 0 Å². The van der Waals surface area contributed by atoms with E-state index in [4.69, 9.17) is 16.0 Å². The van der Waals surface area contributed by atoms with E-state index in [0.29, 0.717) is 0 Å². The Balaban J connectivity index is 1.90. The molecule has 0 aliphatic heterocycles. The molecule has 3 rings (SSSR count). The summed E-state index contributed by atoms with van der Waals surface area (Å²) < 4.78 is 6.61. The molecule has 1 atom stereocenters. The fourth-order valence-electron chi connectivity index (χ4n) is 2.22. The third-order valence-corrected chi connectivity index (χ3v) is 4.03. The summed E-state index contributed by atoms with van der Waals surface area (Å²) >= 11 is 10.0. The lowest BCUT2D eigenvalue weighted by molar-refractivity contribution is 0.609. The van der Waals surface area contributed by atoms with Crippen molar-refractivity contribution in [3.05, 3.63) is 70.4 Å². The van der Waals surface area contributed by atoms with Gasteiger partial charge in [0.15, 0.2) is 0 Å². The summed E-state index contributed by atoms with van der Waals surface area (Å²) in [5.74, 6) is 0. The molecule has 0 saturated carbocycles. The van der Waals surface area contributed by atoms with Gasteiger partial charge in [0.1, 0.15) is 5.58 Å². The van der Waals surface area contributed by atoms with Crippen molar-refractivity contribution in [3.63, 3.8) is 0 Å². The van der Waals surface area contributed by atoms with Crippen LogP contribution >= 0.6 is 27.5 Å². The molecule has 19 heavy (non-hydrogen) atoms. The highest BCUT2D eigenvalue weighted by Gasteiger charge is 2.15. The third kappa shape index (κ3) is 2.70. The van der Waals surface area contributed by atoms with E-state index in [1.807, 2.05) is 36.4 Å². The normalized spacial score (nSPS) is 12.7. The zero-order valence-corrected chi connectivity index (χ0v) is 12.5. The van der Waals surface area contributed by atoms with Crippen LogP contribution in [0.15, 0.2) is 63.7 Å². The molecule has 0 amide bonds. The number of halogens is 2. The van der Waals surface area contributed by atoms with Crippen LogP contribution in [0.4, 0.5) is 0 Å². The van der Waals surface area contributed by atoms with Crippen LogP contribution in [0.25, 0.3) is 11.0 Å². The van der Waals surface area contributed by atoms with E-state index in [1.54, 1.807) is 6.26 Å². The number of hydrogen-bond acceptors (Lipinski definition) is 1. The van der Waals surface area contributed by atoms with Gasteiger partial charge in [-0.1, -0.05) is 46.3 Å². The van der Waals surface area contributed by atoms with Crippen LogP contribution in [-0.4, -0.2) is 0 Å². The van der Waals surface area contributed by atoms with Gasteiger partial charge in [-0.2, -0.15) is 0 Å². The lowest BCUT2D eigenvalue weighted by Gasteiger charge is -2.08. The van der Waals surface area contributed by atoms with E-state index in [-0.39, 0.29) is 5.38 Å². The van der Waals surface area contributed by atoms with Crippen LogP contribution in [-0.2, 0) is 6.42 Å². The first-order chi connectivity index (χ1) is 9.24. The molecule has 0 saturated heterocycles. The molecule has 1 unspecified atom stereocenters. The summed E-state index contributed by atoms with van der Waals surface area (Å²) in [6.45, 7) is 0. The van der Waals surface area contributed by atoms with Gasteiger partial charge in [-0.25, -0.2) is 0 Å². The number of alkyl halides is 1. The molecular formula is C16H12BrClO. The molecule has 0 N–H and O–H groups in total. The number of benzene rings is 2. The second kappa shape index (κ2) is 5.40. The van der Waals surface area contributed by atoms with E-state index in [9.17, 15) is 0 Å². The Hall–Kier alpha value is -1.25. The lowest BCUT2D eigenvalue weighted by atomic mass is 10.0. The summed E-state index contributed by atoms with van der Waals surface area (Å²) in [5, 5.41) is 1.01. The summed E-state index contributed by atoms with van der Waals surface area (Å²) in [6.07, 6.45) is 2.55. The molecule has 1 aromatic heterocycles. The average molecular weight is 336 g/mol. The molecule has 3 heteroatoms. The second-order valence-electron chi connectivity index (χ2n) is 4.49. The minimum Gasteiger partial charge on any atom is -0.464 e. The maximum atomic E-state index is 6.54. The number of fused-ring (bicyclic) bond motifs is 1. The summed E-state index contributed by atoms with van der Waals surface area (Å²) in [4.78, 5) is 0. The lowest BCUT2D eigenvalue weighted by Crippen LogP contribution is -1.94. The van der Waals surface area contributed by atoms with Gasteiger partial charge in [0.25, 0.3) is 0 Å². The largest absolute Gasteiger partial charge is 0.464 e. The molecular weight excluding hydrogens is 324 g/mol. The van der Waals surface area contributed by atoms with Crippen molar-refractivity contribution < 1.29 is 4.42 Å². The van der Waals surface area contributed by atoms with Crippen LogP contribution in [0.2, 0.25) is 0 Å². The Kier molecular flexibility index (Phi) is 3.63. The summed E-state index contributed by atoms with van der Waals surface area (Å²) in [7, 11) is 0. The molecule has 1 heterocycles. The predicted octanol–water partition coefficient (Wildman–Crippen LogP) is 5.72. The standard InChI is InChI=1S/C16H12BrClO/c17-12-5-3-4-11(8-12)9-15(18)14-10-19-16-7-2-1-6-13(14)16/h1-8,10,15H,9H2. The average Bonchev–Trinajstić information content (AvgIpc) is 2.82. The van der Waals surface area contributed by atoms with Gasteiger partial charge in [0.2, 0.25) is 0 Å². The van der Waals surface area contributed by atoms with Crippen LogP contribution < -0.4 is 0 Å². The fourth-order valence-corrected chi connectivity index (χ4v) is 3.02. The van der Waals surface area contributed by atoms with Gasteiger partial charge in [-0.05, 0) is 30.2 Å². The zero-order valence-electron chi connectivity index (χ0n) is 10.1. The Labute approximate surface area is 125 Å². The Morgan fingerprint density at radius 2 is 1.95 bits per heavy atom. The van der Waals surface area contributed by atoms with Crippen LogP contribution in [0, 0.1) is 0 Å². The molecule has 0 radical (unpaired) electrons. The molecule has 0 aliphatic carbocycles. The molecule has 1 nitrogen and oxygen atoms in total. The van der Waals surface area contributed by atoms with Crippen molar-refractivity contribution in [2.75, 3.05) is 0 Å². The highest BCUT2D eigenvalue weighted by Crippen LogP contribution is 2.32. The van der Waals surface area contributed by atoms with Gasteiger partial charge in [0.05, 0.1) is 11.6 Å². The molecule has 0 aliphatic rings. The summed E-state index contributed by atoms with van der Waals surface area (Å²) in [6, 6.07) is 16.2. The van der Waals surface area contributed by atoms with Gasteiger partial charge in [-0.15, -0.1) is 11.6 Å². The van der Waals surface area contributed by atoms with Crippen molar-refractivity contribution in [1.29, 1.82) is 0 Å². The van der Waals surface area contributed by atoms with Crippen molar-refractivity contribution >= 4 is 38.5 Å². The highest BCUT2D eigenvalue weighted by atomic mass is 79.9. The Bertz CT molecular complexity index is 705. The van der Waals surface area contributed by atoms with Gasteiger partial charge in [0, 0.05) is 15.4 Å². The minimum absolute atomic E-state index is 0.0852. The van der Waals surface area contributed by atoms with Crippen LogP contribution in [0.3, 0.4) is 0 Å². The molecule has 3 aromatic rings. The molecule has 0 fully saturated rings. The number of furan rings is 1. The quantitative estimate of drug-likeness (QED) is 0.558. The van der Waals surface area contributed by atoms with Crippen molar-refractivity contribution in [2.45, 2.75) is 11.8 Å². The number of rotatable bonds is 3. The molecule has 0 bridgehead atoms. The first kappa shape index (κ1) is 12.8. The predicted molar refractivity (Wildman–Crippen MR) is 82.7 cm³/mol. The Morgan fingerprint density at radius 3 is 2.79 bits per heavy atom. The maximum Gasteiger partial charge on any atom is 0.134 e. The van der Waals surface area contributed by atoms with Gasteiger partial charge >= 0.3 is 0 Å². The van der Waals surface area contributed by atoms with Crippen molar-refractivity contribution in [3.8, 4) is 0 Å². The van der Waals surface area contributed by atoms with E-state index < -0.39 is 0 Å². The van der Waals surface area contributed by atoms with Crippen LogP contribution in [0.1, 0.15) is 16.5 Å². The number of hydrogen-bond donors (Lipinski definition) is 0. The van der Waals surface area contributed by atoms with Gasteiger partial charge < -0.3 is 4.42 Å². The third-order valence-electron chi connectivity index (χ3n) is 3.15. The summed E-state index contributed by atoms with van der Waals surface area (Å²) in [5.41, 5.74) is 3.15. The van der Waals surface area contributed by atoms with E-state index in [0.717, 1.165) is 27.4 Å². The van der Waals surface area contributed by atoms with E-state index >= 15 is 0 Å². The smallest absolute Gasteiger partial charge is 0.134 e. The number of para-hydroxylation sites is 1. The maximum absolute atomic E-state index is 6.54. The van der Waals surface area contributed by atoms with E-state index in [1.165, 1.54) is 5.56 Å². The molecule has 0 spiro atoms. The topological polar surface area (TPSA) is 13.1 Å². The SMILES string of the molecule is ClC(Cc1cccc(Br)c1)c1coc2ccccc12. The first-order valence-electron chi connectivity index (χ1n) is 6.08.